The smallest absolute Gasteiger partial charge is 0.347 e. The van der Waals surface area contributed by atoms with Crippen LogP contribution in [0.1, 0.15) is 124 Å². The first-order chi connectivity index (χ1) is 25.2. The summed E-state index contributed by atoms with van der Waals surface area (Å²) in [7, 11) is -4.63. The van der Waals surface area contributed by atoms with Gasteiger partial charge in [-0.25, -0.2) is 13.2 Å². The van der Waals surface area contributed by atoms with Crippen molar-refractivity contribution in [3.05, 3.63) is 0 Å². The van der Waals surface area contributed by atoms with Crippen LogP contribution in [-0.2, 0) is 29.0 Å². The topological polar surface area (TPSA) is 171 Å². The number of sulfone groups is 1. The fourth-order valence-electron chi connectivity index (χ4n) is 9.80. The minimum atomic E-state index is -4.93. The van der Waals surface area contributed by atoms with E-state index in [1.807, 2.05) is 20.8 Å². The number of hydrogen-bond acceptors (Lipinski definition) is 7. The number of hydrogen-bond donors (Lipinski definition) is 4. The largest absolute Gasteiger partial charge is 0.402 e. The van der Waals surface area contributed by atoms with Crippen LogP contribution >= 0.6 is 0 Å². The van der Waals surface area contributed by atoms with Crippen LogP contribution in [0.5, 0.6) is 0 Å². The van der Waals surface area contributed by atoms with E-state index >= 15 is 0 Å². The number of halogens is 3. The van der Waals surface area contributed by atoms with Crippen molar-refractivity contribution < 1.29 is 45.6 Å². The lowest BCUT2D eigenvalue weighted by molar-refractivity contribution is -0.146. The Hall–Kier alpha value is -2.91. The summed E-state index contributed by atoms with van der Waals surface area (Å²) in [6.45, 7) is 6.24. The molecule has 5 saturated carbocycles. The number of amides is 5. The molecule has 1 heterocycles. The Morgan fingerprint density at radius 1 is 0.852 bits per heavy atom. The monoisotopic (exact) mass is 785 g/mol. The van der Waals surface area contributed by atoms with Crippen molar-refractivity contribution in [2.24, 2.45) is 28.6 Å². The van der Waals surface area contributed by atoms with Crippen LogP contribution < -0.4 is 21.3 Å². The number of carbonyl (C=O) groups is 5. The maximum atomic E-state index is 14.9. The Morgan fingerprint density at radius 2 is 1.46 bits per heavy atom. The van der Waals surface area contributed by atoms with Gasteiger partial charge >= 0.3 is 12.2 Å². The molecule has 1 aliphatic heterocycles. The Kier molecular flexibility index (Phi) is 11.5. The molecule has 0 aromatic carbocycles. The van der Waals surface area contributed by atoms with E-state index in [1.165, 1.54) is 4.90 Å². The molecule has 0 aromatic heterocycles. The number of carbonyl (C=O) groups excluding carboxylic acids is 5. The first kappa shape index (κ1) is 40.7. The van der Waals surface area contributed by atoms with Gasteiger partial charge in [0.05, 0.1) is 17.3 Å². The average Bonchev–Trinajstić information content (AvgIpc) is 4.03. The van der Waals surface area contributed by atoms with Gasteiger partial charge in [-0.15, -0.1) is 0 Å². The van der Waals surface area contributed by atoms with Crippen molar-refractivity contribution >= 4 is 39.4 Å². The van der Waals surface area contributed by atoms with Crippen LogP contribution in [-0.4, -0.2) is 96.8 Å². The highest BCUT2D eigenvalue weighted by molar-refractivity contribution is 7.91. The quantitative estimate of drug-likeness (QED) is 0.179. The summed E-state index contributed by atoms with van der Waals surface area (Å²) < 4.78 is 65.1. The van der Waals surface area contributed by atoms with Gasteiger partial charge < -0.3 is 26.2 Å². The van der Waals surface area contributed by atoms with Crippen molar-refractivity contribution in [1.29, 1.82) is 0 Å². The van der Waals surface area contributed by atoms with Crippen molar-refractivity contribution in [1.82, 2.24) is 26.2 Å². The predicted molar refractivity (Wildman–Crippen MR) is 193 cm³/mol. The fourth-order valence-corrected chi connectivity index (χ4v) is 11.6. The van der Waals surface area contributed by atoms with E-state index in [1.54, 1.807) is 0 Å². The zero-order chi connectivity index (χ0) is 39.3. The number of nitrogens with one attached hydrogen (secondary N) is 4. The van der Waals surface area contributed by atoms with E-state index in [-0.39, 0.29) is 42.7 Å². The van der Waals surface area contributed by atoms with E-state index in [0.717, 1.165) is 51.4 Å². The minimum Gasteiger partial charge on any atom is -0.347 e. The lowest BCUT2D eigenvalue weighted by atomic mass is 9.70. The molecule has 5 aliphatic carbocycles. The number of nitrogens with zero attached hydrogens (tertiary/aromatic N) is 1. The molecule has 12 nitrogen and oxygen atoms in total. The van der Waals surface area contributed by atoms with E-state index in [2.05, 4.69) is 21.3 Å². The van der Waals surface area contributed by atoms with Crippen LogP contribution in [0, 0.1) is 28.6 Å². The van der Waals surface area contributed by atoms with Gasteiger partial charge in [0, 0.05) is 12.6 Å². The van der Waals surface area contributed by atoms with E-state index in [9.17, 15) is 45.6 Å². The molecule has 6 fully saturated rings. The van der Waals surface area contributed by atoms with Crippen molar-refractivity contribution in [3.8, 4) is 0 Å². The Bertz CT molecular complexity index is 1580. The number of alkyl halides is 3. The molecule has 6 rings (SSSR count). The van der Waals surface area contributed by atoms with Gasteiger partial charge in [0.2, 0.25) is 17.6 Å². The number of piperidine rings is 1. The van der Waals surface area contributed by atoms with Gasteiger partial charge in [-0.2, -0.15) is 13.2 Å². The second-order valence-electron chi connectivity index (χ2n) is 18.3. The predicted octanol–water partition coefficient (Wildman–Crippen LogP) is 4.31. The molecule has 304 valence electrons. The van der Waals surface area contributed by atoms with E-state index in [0.29, 0.717) is 44.4 Å². The maximum absolute atomic E-state index is 14.9. The van der Waals surface area contributed by atoms with Gasteiger partial charge in [-0.3, -0.25) is 19.2 Å². The Labute approximate surface area is 316 Å². The summed E-state index contributed by atoms with van der Waals surface area (Å²) in [6, 6.07) is -3.96. The fraction of sp³-hybridized carbons (Fsp3) is 0.868. The third kappa shape index (κ3) is 9.54. The zero-order valence-corrected chi connectivity index (χ0v) is 32.6. The molecule has 0 bridgehead atoms. The third-order valence-corrected chi connectivity index (χ3v) is 15.1. The van der Waals surface area contributed by atoms with Gasteiger partial charge in [-0.05, 0) is 80.0 Å². The molecule has 5 atom stereocenters. The molecule has 0 spiro atoms. The van der Waals surface area contributed by atoms with Gasteiger partial charge in [0.1, 0.15) is 17.8 Å². The number of fused-ring (bicyclic) bond motifs is 1. The highest BCUT2D eigenvalue weighted by Crippen LogP contribution is 2.65. The van der Waals surface area contributed by atoms with Gasteiger partial charge in [-0.1, -0.05) is 72.1 Å². The number of likely N-dealkylation sites (tertiary alicyclic amines) is 1. The van der Waals surface area contributed by atoms with Crippen LogP contribution in [0.2, 0.25) is 0 Å². The summed E-state index contributed by atoms with van der Waals surface area (Å²) in [4.78, 5) is 70.9. The molecule has 0 radical (unpaired) electrons. The zero-order valence-electron chi connectivity index (χ0n) is 31.8. The first-order valence-electron chi connectivity index (χ1n) is 20.0. The van der Waals surface area contributed by atoms with Crippen molar-refractivity contribution in [2.75, 3.05) is 18.1 Å². The summed E-state index contributed by atoms with van der Waals surface area (Å²) in [5, 5.41) is 11.2. The second kappa shape index (κ2) is 15.2. The molecular formula is C38H58F3N5O7S. The Morgan fingerprint density at radius 3 is 2.04 bits per heavy atom. The van der Waals surface area contributed by atoms with Gasteiger partial charge in [0.25, 0.3) is 5.91 Å². The van der Waals surface area contributed by atoms with Crippen molar-refractivity contribution in [3.63, 3.8) is 0 Å². The third-order valence-electron chi connectivity index (χ3n) is 13.4. The standard InChI is InChI=1S/C38H58F3N5O7S/c1-35(2)25-20-46(28(27(25)35)31(48)43-26(15-12-23-10-11-23)29(47)32(49)42-24-13-14-24)33(50)30(36(3)16-6-4-7-17-36)44-34(51)45-37(18-8-5-9-19-37)21-54(52,53)22-38(39,40)41/h23-28,30H,4-22H2,1-3H3,(H,42,49)(H,43,48)(H2,44,45,51)/t25-,26?,27-,28-,30+/m0/s1. The van der Waals surface area contributed by atoms with Crippen molar-refractivity contribution in [2.45, 2.75) is 159 Å². The summed E-state index contributed by atoms with van der Waals surface area (Å²) in [6.07, 6.45) is 5.69. The molecule has 16 heteroatoms. The summed E-state index contributed by atoms with van der Waals surface area (Å²) >= 11 is 0. The molecule has 6 aliphatic rings. The molecule has 0 aromatic rings. The Balaban J connectivity index is 1.23. The van der Waals surface area contributed by atoms with E-state index in [4.69, 9.17) is 0 Å². The molecule has 5 amide bonds. The molecule has 1 saturated heterocycles. The maximum Gasteiger partial charge on any atom is 0.402 e. The van der Waals surface area contributed by atoms with E-state index < -0.39 is 86.1 Å². The summed E-state index contributed by atoms with van der Waals surface area (Å²) in [5.74, 6) is -5.01. The SMILES string of the molecule is CC1([C@H](NC(=O)NC2(CS(=O)(=O)CC(F)(F)F)CCCCC2)C(=O)N2C[C@H]3[C@@H]([C@H]2C(=O)NC(CCC2CC2)C(=O)C(=O)NC2CC2)C3(C)C)CCCCC1. The molecular weight excluding hydrogens is 728 g/mol. The number of ketones is 1. The number of Topliss-reactive ketones (excluding diaryl/α,β-unsaturated/α-hetero) is 1. The van der Waals surface area contributed by atoms with Crippen LogP contribution in [0.4, 0.5) is 18.0 Å². The second-order valence-corrected chi connectivity index (χ2v) is 20.4. The highest BCUT2D eigenvalue weighted by atomic mass is 32.2. The normalized spacial score (nSPS) is 28.2. The molecule has 4 N–H and O–H groups in total. The van der Waals surface area contributed by atoms with Crippen LogP contribution in [0.15, 0.2) is 0 Å². The lowest BCUT2D eigenvalue weighted by Gasteiger charge is -2.44. The number of urea groups is 1. The van der Waals surface area contributed by atoms with Gasteiger partial charge in [0.15, 0.2) is 9.84 Å². The minimum absolute atomic E-state index is 0.00559. The molecule has 54 heavy (non-hydrogen) atoms. The average molecular weight is 786 g/mol. The molecule has 1 unspecified atom stereocenters. The lowest BCUT2D eigenvalue weighted by Crippen LogP contribution is -2.64. The van der Waals surface area contributed by atoms with Crippen LogP contribution in [0.25, 0.3) is 0 Å². The summed E-state index contributed by atoms with van der Waals surface area (Å²) in [5.41, 5.74) is -2.41. The highest BCUT2D eigenvalue weighted by Gasteiger charge is 2.70. The first-order valence-corrected chi connectivity index (χ1v) is 21.9. The van der Waals surface area contributed by atoms with Crippen LogP contribution in [0.3, 0.4) is 0 Å². The number of rotatable bonds is 15.